The Kier molecular flexibility index (Phi) is 7.47. The minimum atomic E-state index is -0.691. The van der Waals surface area contributed by atoms with Gasteiger partial charge in [-0.3, -0.25) is 4.79 Å². The van der Waals surface area contributed by atoms with E-state index < -0.39 is 5.38 Å². The van der Waals surface area contributed by atoms with Crippen LogP contribution >= 0.6 is 11.6 Å². The van der Waals surface area contributed by atoms with Crippen molar-refractivity contribution in [1.29, 1.82) is 0 Å². The third kappa shape index (κ3) is 5.42. The molecule has 1 atom stereocenters. The Hall–Kier alpha value is -4.23. The van der Waals surface area contributed by atoms with E-state index in [-0.39, 0.29) is 5.91 Å². The first-order chi connectivity index (χ1) is 19.6. The maximum atomic E-state index is 13.3. The number of nitrogens with zero attached hydrogens (tertiary/aromatic N) is 6. The maximum Gasteiger partial charge on any atom is 0.245 e. The van der Waals surface area contributed by atoms with E-state index in [1.807, 2.05) is 76.4 Å². The monoisotopic (exact) mass is 550 g/mol. The highest BCUT2D eigenvalue weighted by Crippen LogP contribution is 2.29. The fraction of sp³-hybridized carbons (Fsp3) is 0.250. The molecule has 2 aromatic heterocycles. The van der Waals surface area contributed by atoms with Crippen LogP contribution in [0.15, 0.2) is 91.1 Å². The Labute approximate surface area is 239 Å². The number of amides is 1. The van der Waals surface area contributed by atoms with E-state index in [2.05, 4.69) is 36.1 Å². The van der Waals surface area contributed by atoms with Gasteiger partial charge in [0.15, 0.2) is 5.65 Å². The van der Waals surface area contributed by atoms with E-state index in [0.717, 1.165) is 52.5 Å². The van der Waals surface area contributed by atoms with E-state index in [9.17, 15) is 4.79 Å². The van der Waals surface area contributed by atoms with Gasteiger partial charge in [0, 0.05) is 32.6 Å². The molecule has 0 aliphatic carbocycles. The maximum absolute atomic E-state index is 13.3. The Balaban J connectivity index is 1.32. The third-order valence-electron chi connectivity index (χ3n) is 7.35. The molecule has 1 saturated heterocycles. The van der Waals surface area contributed by atoms with E-state index >= 15 is 0 Å². The number of aryl methyl sites for hydroxylation is 1. The lowest BCUT2D eigenvalue weighted by atomic mass is 10.1. The molecule has 3 heterocycles. The summed E-state index contributed by atoms with van der Waals surface area (Å²) in [5.74, 6) is 1.54. The molecule has 0 spiro atoms. The highest BCUT2D eigenvalue weighted by molar-refractivity contribution is 6.30. The molecule has 1 aliphatic heterocycles. The second-order valence-electron chi connectivity index (χ2n) is 10.2. The normalized spacial score (nSPS) is 14.8. The predicted octanol–water partition coefficient (Wildman–Crippen LogP) is 5.73. The van der Waals surface area contributed by atoms with Crippen LogP contribution in [-0.4, -0.2) is 56.7 Å². The van der Waals surface area contributed by atoms with Crippen molar-refractivity contribution in [1.82, 2.24) is 24.6 Å². The molecule has 0 radical (unpaired) electrons. The van der Waals surface area contributed by atoms with Crippen molar-refractivity contribution in [2.75, 3.05) is 31.1 Å². The van der Waals surface area contributed by atoms with Crippen molar-refractivity contribution in [2.45, 2.75) is 25.1 Å². The highest BCUT2D eigenvalue weighted by Gasteiger charge is 2.27. The first-order valence-electron chi connectivity index (χ1n) is 13.7. The van der Waals surface area contributed by atoms with Gasteiger partial charge in [-0.25, -0.2) is 14.6 Å². The lowest BCUT2D eigenvalue weighted by Gasteiger charge is -2.25. The number of anilines is 1. The van der Waals surface area contributed by atoms with Gasteiger partial charge in [0.25, 0.3) is 0 Å². The summed E-state index contributed by atoms with van der Waals surface area (Å²) in [7, 11) is 0. The average Bonchev–Trinajstić information content (AvgIpc) is 3.27. The Morgan fingerprint density at radius 2 is 1.60 bits per heavy atom. The van der Waals surface area contributed by atoms with Gasteiger partial charge in [0.05, 0.1) is 17.3 Å². The van der Waals surface area contributed by atoms with E-state index in [4.69, 9.17) is 26.7 Å². The zero-order valence-electron chi connectivity index (χ0n) is 22.4. The van der Waals surface area contributed by atoms with Crippen LogP contribution in [0.2, 0.25) is 0 Å². The Morgan fingerprint density at radius 3 is 2.35 bits per heavy atom. The Morgan fingerprint density at radius 1 is 0.875 bits per heavy atom. The first kappa shape index (κ1) is 26.0. The van der Waals surface area contributed by atoms with Crippen LogP contribution in [0.3, 0.4) is 0 Å². The molecule has 0 bridgehead atoms. The third-order valence-corrected chi connectivity index (χ3v) is 7.79. The molecule has 1 fully saturated rings. The molecule has 8 heteroatoms. The number of alkyl halides is 1. The van der Waals surface area contributed by atoms with Crippen molar-refractivity contribution in [3.8, 4) is 5.69 Å². The van der Waals surface area contributed by atoms with Crippen LogP contribution in [0.1, 0.15) is 34.3 Å². The van der Waals surface area contributed by atoms with Gasteiger partial charge in [-0.15, -0.1) is 11.6 Å². The number of para-hydroxylation sites is 1. The number of fused-ring (bicyclic) bond motifs is 1. The zero-order chi connectivity index (χ0) is 27.5. The van der Waals surface area contributed by atoms with Crippen molar-refractivity contribution in [3.05, 3.63) is 114 Å². The van der Waals surface area contributed by atoms with Gasteiger partial charge in [0.2, 0.25) is 5.91 Å². The standard InChI is InChI=1S/C32H31ClN6O/c1-23-13-15-24(16-14-23)21-28-35-30(27-22-34-39(31(27)36-28)26-11-6-3-7-12-26)37-17-8-18-38(20-19-37)32(40)29(33)25-9-4-2-5-10-25/h2-7,9-16,22,29H,8,17-21H2,1H3/t29-/m1/s1. The van der Waals surface area contributed by atoms with Crippen LogP contribution in [0.5, 0.6) is 0 Å². The number of benzene rings is 3. The molecule has 1 amide bonds. The quantitative estimate of drug-likeness (QED) is 0.252. The largest absolute Gasteiger partial charge is 0.354 e. The summed E-state index contributed by atoms with van der Waals surface area (Å²) in [6, 6.07) is 28.1. The van der Waals surface area contributed by atoms with E-state index in [1.165, 1.54) is 5.56 Å². The van der Waals surface area contributed by atoms with E-state index in [0.29, 0.717) is 26.1 Å². The van der Waals surface area contributed by atoms with Crippen molar-refractivity contribution in [3.63, 3.8) is 0 Å². The summed E-state index contributed by atoms with van der Waals surface area (Å²) >= 11 is 6.61. The SMILES string of the molecule is Cc1ccc(Cc2nc(N3CCCN(C(=O)[C@H](Cl)c4ccccc4)CC3)c3cnn(-c4ccccc4)c3n2)cc1. The van der Waals surface area contributed by atoms with Gasteiger partial charge >= 0.3 is 0 Å². The van der Waals surface area contributed by atoms with Crippen LogP contribution < -0.4 is 4.90 Å². The molecule has 5 aromatic rings. The van der Waals surface area contributed by atoms with Crippen LogP contribution in [-0.2, 0) is 11.2 Å². The number of hydrogen-bond acceptors (Lipinski definition) is 5. The summed E-state index contributed by atoms with van der Waals surface area (Å²) < 4.78 is 1.88. The minimum Gasteiger partial charge on any atom is -0.354 e. The summed E-state index contributed by atoms with van der Waals surface area (Å²) in [5, 5.41) is 4.92. The van der Waals surface area contributed by atoms with Crippen LogP contribution in [0.25, 0.3) is 16.7 Å². The lowest BCUT2D eigenvalue weighted by molar-refractivity contribution is -0.130. The number of rotatable bonds is 6. The summed E-state index contributed by atoms with van der Waals surface area (Å²) in [5.41, 5.74) is 4.92. The number of halogens is 1. The molecule has 3 aromatic carbocycles. The molecular weight excluding hydrogens is 520 g/mol. The molecule has 0 unspecified atom stereocenters. The summed E-state index contributed by atoms with van der Waals surface area (Å²) in [6.07, 6.45) is 3.29. The predicted molar refractivity (Wildman–Crippen MR) is 159 cm³/mol. The van der Waals surface area contributed by atoms with Gasteiger partial charge in [0.1, 0.15) is 17.0 Å². The molecular formula is C32H31ClN6O. The molecule has 40 heavy (non-hydrogen) atoms. The highest BCUT2D eigenvalue weighted by atomic mass is 35.5. The van der Waals surface area contributed by atoms with Crippen molar-refractivity contribution >= 4 is 34.4 Å². The van der Waals surface area contributed by atoms with Gasteiger partial charge in [-0.2, -0.15) is 5.10 Å². The van der Waals surface area contributed by atoms with Crippen molar-refractivity contribution < 1.29 is 4.79 Å². The number of hydrogen-bond donors (Lipinski definition) is 0. The molecule has 0 N–H and O–H groups in total. The average molecular weight is 551 g/mol. The fourth-order valence-corrected chi connectivity index (χ4v) is 5.46. The lowest BCUT2D eigenvalue weighted by Crippen LogP contribution is -2.37. The second-order valence-corrected chi connectivity index (χ2v) is 10.6. The van der Waals surface area contributed by atoms with Crippen LogP contribution in [0.4, 0.5) is 5.82 Å². The molecule has 7 nitrogen and oxygen atoms in total. The fourth-order valence-electron chi connectivity index (χ4n) is 5.18. The van der Waals surface area contributed by atoms with Gasteiger partial charge in [-0.1, -0.05) is 78.4 Å². The van der Waals surface area contributed by atoms with Gasteiger partial charge < -0.3 is 9.80 Å². The molecule has 1 aliphatic rings. The molecule has 202 valence electrons. The van der Waals surface area contributed by atoms with E-state index in [1.54, 1.807) is 0 Å². The number of carbonyl (C=O) groups is 1. The van der Waals surface area contributed by atoms with Crippen molar-refractivity contribution in [2.24, 2.45) is 0 Å². The molecule has 0 saturated carbocycles. The smallest absolute Gasteiger partial charge is 0.245 e. The zero-order valence-corrected chi connectivity index (χ0v) is 23.2. The topological polar surface area (TPSA) is 67.2 Å². The summed E-state index contributed by atoms with van der Waals surface area (Å²) in [6.45, 7) is 4.73. The van der Waals surface area contributed by atoms with Crippen LogP contribution in [0, 0.1) is 6.92 Å². The number of carbonyl (C=O) groups excluding carboxylic acids is 1. The Bertz CT molecular complexity index is 1600. The summed E-state index contributed by atoms with van der Waals surface area (Å²) in [4.78, 5) is 27.5. The first-order valence-corrected chi connectivity index (χ1v) is 14.1. The molecule has 6 rings (SSSR count). The van der Waals surface area contributed by atoms with Gasteiger partial charge in [-0.05, 0) is 36.6 Å². The number of aromatic nitrogens is 4. The second kappa shape index (κ2) is 11.5. The minimum absolute atomic E-state index is 0.0560.